The van der Waals surface area contributed by atoms with Gasteiger partial charge in [-0.15, -0.1) is 12.4 Å². The van der Waals surface area contributed by atoms with E-state index in [1.165, 1.54) is 0 Å². The Bertz CT molecular complexity index is 521. The molecular formula is C19H30Cl2N2O. The Balaban J connectivity index is 0.00000288. The minimum absolute atomic E-state index is 0. The minimum Gasteiger partial charge on any atom is -0.355 e. The summed E-state index contributed by atoms with van der Waals surface area (Å²) in [4.78, 5) is 13.0. The van der Waals surface area contributed by atoms with Crippen LogP contribution in [0.25, 0.3) is 0 Å². The normalized spacial score (nSPS) is 17.0. The highest BCUT2D eigenvalue weighted by atomic mass is 35.5. The van der Waals surface area contributed by atoms with Crippen molar-refractivity contribution >= 4 is 29.9 Å². The van der Waals surface area contributed by atoms with Gasteiger partial charge in [0.2, 0.25) is 5.91 Å². The molecule has 1 aromatic rings. The number of carbonyl (C=O) groups excluding carboxylic acids is 1. The third-order valence-electron chi connectivity index (χ3n) is 5.52. The van der Waals surface area contributed by atoms with Crippen LogP contribution >= 0.6 is 24.0 Å². The van der Waals surface area contributed by atoms with Crippen molar-refractivity contribution in [3.05, 3.63) is 34.9 Å². The third kappa shape index (κ3) is 4.65. The second-order valence-electron chi connectivity index (χ2n) is 7.04. The number of benzene rings is 1. The summed E-state index contributed by atoms with van der Waals surface area (Å²) in [6, 6.07) is 7.72. The Morgan fingerprint density at radius 1 is 1.21 bits per heavy atom. The summed E-state index contributed by atoms with van der Waals surface area (Å²) in [5, 5.41) is 7.34. The fourth-order valence-corrected chi connectivity index (χ4v) is 3.68. The average molecular weight is 373 g/mol. The van der Waals surface area contributed by atoms with Crippen molar-refractivity contribution in [2.45, 2.75) is 51.9 Å². The minimum atomic E-state index is -0.464. The topological polar surface area (TPSA) is 41.1 Å². The Morgan fingerprint density at radius 2 is 1.75 bits per heavy atom. The number of rotatable bonds is 6. The van der Waals surface area contributed by atoms with Crippen LogP contribution in [-0.4, -0.2) is 25.5 Å². The van der Waals surface area contributed by atoms with Gasteiger partial charge in [0.05, 0.1) is 5.41 Å². The van der Waals surface area contributed by atoms with E-state index in [0.29, 0.717) is 5.02 Å². The van der Waals surface area contributed by atoms with Crippen LogP contribution in [0.1, 0.15) is 52.0 Å². The van der Waals surface area contributed by atoms with E-state index in [0.717, 1.165) is 50.9 Å². The lowest BCUT2D eigenvalue weighted by atomic mass is 9.74. The van der Waals surface area contributed by atoms with E-state index in [2.05, 4.69) is 31.4 Å². The first-order chi connectivity index (χ1) is 11.0. The molecule has 0 aliphatic carbocycles. The van der Waals surface area contributed by atoms with E-state index in [9.17, 15) is 4.79 Å². The van der Waals surface area contributed by atoms with Crippen LogP contribution in [0, 0.1) is 5.41 Å². The Morgan fingerprint density at radius 3 is 2.25 bits per heavy atom. The van der Waals surface area contributed by atoms with E-state index in [1.54, 1.807) is 0 Å². The van der Waals surface area contributed by atoms with Gasteiger partial charge >= 0.3 is 0 Å². The summed E-state index contributed by atoms with van der Waals surface area (Å²) >= 11 is 6.00. The highest BCUT2D eigenvalue weighted by Gasteiger charge is 2.38. The molecule has 0 unspecified atom stereocenters. The fourth-order valence-electron chi connectivity index (χ4n) is 3.55. The van der Waals surface area contributed by atoms with E-state index in [1.807, 2.05) is 24.3 Å². The van der Waals surface area contributed by atoms with Crippen molar-refractivity contribution in [3.8, 4) is 0 Å². The quantitative estimate of drug-likeness (QED) is 0.780. The van der Waals surface area contributed by atoms with Crippen LogP contribution in [0.5, 0.6) is 0 Å². The molecule has 2 rings (SSSR count). The average Bonchev–Trinajstić information content (AvgIpc) is 2.57. The van der Waals surface area contributed by atoms with Crippen LogP contribution < -0.4 is 10.6 Å². The highest BCUT2D eigenvalue weighted by Crippen LogP contribution is 2.34. The van der Waals surface area contributed by atoms with E-state index >= 15 is 0 Å². The molecule has 1 fully saturated rings. The first-order valence-electron chi connectivity index (χ1n) is 8.71. The van der Waals surface area contributed by atoms with E-state index in [-0.39, 0.29) is 23.7 Å². The number of halogens is 2. The lowest BCUT2D eigenvalue weighted by Crippen LogP contribution is -2.49. The number of hydrogen-bond donors (Lipinski definition) is 2. The number of hydrogen-bond acceptors (Lipinski definition) is 2. The molecule has 1 aliphatic heterocycles. The second kappa shape index (κ2) is 9.07. The van der Waals surface area contributed by atoms with Gasteiger partial charge in [-0.1, -0.05) is 44.5 Å². The lowest BCUT2D eigenvalue weighted by Gasteiger charge is -2.37. The van der Waals surface area contributed by atoms with Gasteiger partial charge in [0, 0.05) is 11.6 Å². The Kier molecular flexibility index (Phi) is 8.04. The molecule has 5 heteroatoms. The van der Waals surface area contributed by atoms with Crippen LogP contribution in [-0.2, 0) is 10.2 Å². The summed E-state index contributed by atoms with van der Waals surface area (Å²) in [5.41, 5.74) is 0.794. The fraction of sp³-hybridized carbons (Fsp3) is 0.632. The number of amides is 1. The summed E-state index contributed by atoms with van der Waals surface area (Å²) in [5.74, 6) is 0.143. The smallest absolute Gasteiger partial charge is 0.230 e. The van der Waals surface area contributed by atoms with Crippen molar-refractivity contribution in [2.75, 3.05) is 19.6 Å². The van der Waals surface area contributed by atoms with Gasteiger partial charge in [-0.2, -0.15) is 0 Å². The number of nitrogens with one attached hydrogen (secondary N) is 2. The van der Waals surface area contributed by atoms with E-state index < -0.39 is 5.41 Å². The van der Waals surface area contributed by atoms with Gasteiger partial charge in [0.1, 0.15) is 0 Å². The van der Waals surface area contributed by atoms with Crippen molar-refractivity contribution in [3.63, 3.8) is 0 Å². The Labute approximate surface area is 157 Å². The maximum absolute atomic E-state index is 13.0. The van der Waals surface area contributed by atoms with E-state index in [4.69, 9.17) is 11.6 Å². The van der Waals surface area contributed by atoms with Crippen LogP contribution in [0.2, 0.25) is 5.02 Å². The monoisotopic (exact) mass is 372 g/mol. The molecule has 3 nitrogen and oxygen atoms in total. The molecule has 0 radical (unpaired) electrons. The first kappa shape index (κ1) is 21.3. The summed E-state index contributed by atoms with van der Waals surface area (Å²) < 4.78 is 0. The second-order valence-corrected chi connectivity index (χ2v) is 7.48. The Hall–Kier alpha value is -0.770. The van der Waals surface area contributed by atoms with Gasteiger partial charge in [-0.3, -0.25) is 4.79 Å². The molecular weight excluding hydrogens is 343 g/mol. The predicted molar refractivity (Wildman–Crippen MR) is 104 cm³/mol. The third-order valence-corrected chi connectivity index (χ3v) is 5.78. The zero-order valence-electron chi connectivity index (χ0n) is 15.0. The molecule has 136 valence electrons. The molecule has 1 saturated heterocycles. The summed E-state index contributed by atoms with van der Waals surface area (Å²) in [7, 11) is 0. The van der Waals surface area contributed by atoms with Gasteiger partial charge < -0.3 is 10.6 Å². The van der Waals surface area contributed by atoms with Crippen molar-refractivity contribution in [1.29, 1.82) is 0 Å². The SMILES string of the molecule is CCC(CC)(C(=O)NCC1(C)CCNCC1)c1ccc(Cl)cc1.Cl. The van der Waals surface area contributed by atoms with Crippen molar-refractivity contribution < 1.29 is 4.79 Å². The highest BCUT2D eigenvalue weighted by molar-refractivity contribution is 6.30. The molecule has 1 heterocycles. The zero-order chi connectivity index (χ0) is 16.9. The largest absolute Gasteiger partial charge is 0.355 e. The molecule has 0 atom stereocenters. The van der Waals surface area contributed by atoms with Crippen molar-refractivity contribution in [2.24, 2.45) is 5.41 Å². The van der Waals surface area contributed by atoms with Gasteiger partial charge in [-0.05, 0) is 61.9 Å². The zero-order valence-corrected chi connectivity index (χ0v) is 16.5. The van der Waals surface area contributed by atoms with Crippen molar-refractivity contribution in [1.82, 2.24) is 10.6 Å². The molecule has 1 aromatic carbocycles. The van der Waals surface area contributed by atoms with Gasteiger partial charge in [0.15, 0.2) is 0 Å². The molecule has 0 aromatic heterocycles. The first-order valence-corrected chi connectivity index (χ1v) is 9.09. The molecule has 2 N–H and O–H groups in total. The lowest BCUT2D eigenvalue weighted by molar-refractivity contribution is -0.127. The molecule has 0 bridgehead atoms. The predicted octanol–water partition coefficient (Wildman–Crippen LogP) is 4.33. The van der Waals surface area contributed by atoms with Crippen LogP contribution in [0.3, 0.4) is 0 Å². The molecule has 0 saturated carbocycles. The van der Waals surface area contributed by atoms with Gasteiger partial charge in [-0.25, -0.2) is 0 Å². The molecule has 24 heavy (non-hydrogen) atoms. The number of carbonyl (C=O) groups is 1. The molecule has 1 aliphatic rings. The summed E-state index contributed by atoms with van der Waals surface area (Å²) in [6.45, 7) is 9.28. The molecule has 0 spiro atoms. The van der Waals surface area contributed by atoms with Crippen LogP contribution in [0.15, 0.2) is 24.3 Å². The maximum Gasteiger partial charge on any atom is 0.230 e. The maximum atomic E-state index is 13.0. The summed E-state index contributed by atoms with van der Waals surface area (Å²) in [6.07, 6.45) is 3.80. The van der Waals surface area contributed by atoms with Gasteiger partial charge in [0.25, 0.3) is 0 Å². The molecule has 1 amide bonds. The standard InChI is InChI=1S/C19H29ClN2O.ClH/c1-4-19(5-2,15-6-8-16(20)9-7-15)17(23)22-14-18(3)10-12-21-13-11-18;/h6-9,21H,4-5,10-14H2,1-3H3,(H,22,23);1H. The van der Waals surface area contributed by atoms with Crippen LogP contribution in [0.4, 0.5) is 0 Å². The number of piperidine rings is 1.